The Morgan fingerprint density at radius 2 is 2.25 bits per heavy atom. The van der Waals surface area contributed by atoms with Crippen LogP contribution in [0.5, 0.6) is 0 Å². The molecule has 2 heterocycles. The van der Waals surface area contributed by atoms with Crippen molar-refractivity contribution >= 4 is 23.5 Å². The topological polar surface area (TPSA) is 56.7 Å². The van der Waals surface area contributed by atoms with Gasteiger partial charge in [-0.05, 0) is 25.0 Å². The van der Waals surface area contributed by atoms with E-state index in [1.807, 2.05) is 18.7 Å². The van der Waals surface area contributed by atoms with Gasteiger partial charge in [0.2, 0.25) is 0 Å². The zero-order chi connectivity index (χ0) is 13.9. The smallest absolute Gasteiger partial charge is 0.191 e. The Morgan fingerprint density at radius 3 is 3.05 bits per heavy atom. The summed E-state index contributed by atoms with van der Waals surface area (Å²) >= 11 is 3.77. The molecule has 0 saturated carbocycles. The Morgan fingerprint density at radius 1 is 1.40 bits per heavy atom. The third-order valence-electron chi connectivity index (χ3n) is 3.37. The summed E-state index contributed by atoms with van der Waals surface area (Å²) in [5, 5.41) is 10.0. The van der Waals surface area contributed by atoms with Crippen LogP contribution in [-0.2, 0) is 13.0 Å². The van der Waals surface area contributed by atoms with Crippen LogP contribution in [-0.4, -0.2) is 32.3 Å². The van der Waals surface area contributed by atoms with E-state index in [0.29, 0.717) is 11.8 Å². The first kappa shape index (κ1) is 14.0. The van der Waals surface area contributed by atoms with Crippen LogP contribution < -0.4 is 5.73 Å². The minimum atomic E-state index is 0.621. The summed E-state index contributed by atoms with van der Waals surface area (Å²) in [6.45, 7) is 3.39. The van der Waals surface area contributed by atoms with Crippen LogP contribution in [0.15, 0.2) is 34.3 Å². The van der Waals surface area contributed by atoms with Crippen molar-refractivity contribution in [2.75, 3.05) is 12.3 Å². The van der Waals surface area contributed by atoms with Gasteiger partial charge < -0.3 is 10.3 Å². The summed E-state index contributed by atoms with van der Waals surface area (Å²) in [6, 6.07) is 8.68. The molecule has 1 aromatic heterocycles. The number of benzene rings is 1. The van der Waals surface area contributed by atoms with Crippen LogP contribution in [0, 0.1) is 6.92 Å². The van der Waals surface area contributed by atoms with Gasteiger partial charge in [-0.15, -0.1) is 22.0 Å². The van der Waals surface area contributed by atoms with Gasteiger partial charge in [-0.25, -0.2) is 0 Å². The first-order valence-corrected chi connectivity index (χ1v) is 8.61. The van der Waals surface area contributed by atoms with Crippen molar-refractivity contribution in [3.63, 3.8) is 0 Å². The van der Waals surface area contributed by atoms with Crippen molar-refractivity contribution in [1.82, 2.24) is 14.8 Å². The first-order chi connectivity index (χ1) is 9.78. The Bertz CT molecular complexity index is 572. The van der Waals surface area contributed by atoms with Crippen molar-refractivity contribution in [3.8, 4) is 0 Å². The highest BCUT2D eigenvalue weighted by Crippen LogP contribution is 2.38. The zero-order valence-electron chi connectivity index (χ0n) is 11.5. The van der Waals surface area contributed by atoms with Crippen LogP contribution >= 0.6 is 23.5 Å². The van der Waals surface area contributed by atoms with Crippen molar-refractivity contribution < 1.29 is 0 Å². The maximum absolute atomic E-state index is 5.64. The molecule has 0 radical (unpaired) electrons. The van der Waals surface area contributed by atoms with E-state index in [2.05, 4.69) is 39.0 Å². The molecule has 4 nitrogen and oxygen atoms in total. The Labute approximate surface area is 127 Å². The molecule has 0 fully saturated rings. The molecular weight excluding hydrogens is 288 g/mol. The molecule has 20 heavy (non-hydrogen) atoms. The van der Waals surface area contributed by atoms with Crippen LogP contribution in [0.4, 0.5) is 0 Å². The predicted molar refractivity (Wildman–Crippen MR) is 84.3 cm³/mol. The SMILES string of the molecule is Cc1nnc(SCC2Cc3ccccc3S2)n1CCN. The first-order valence-electron chi connectivity index (χ1n) is 6.75. The zero-order valence-corrected chi connectivity index (χ0v) is 13.1. The second-order valence-corrected chi connectivity index (χ2v) is 7.16. The molecule has 2 aromatic rings. The fourth-order valence-corrected chi connectivity index (χ4v) is 4.86. The van der Waals surface area contributed by atoms with E-state index in [0.717, 1.165) is 29.7 Å². The van der Waals surface area contributed by atoms with Gasteiger partial charge in [-0.1, -0.05) is 30.0 Å². The molecule has 2 N–H and O–H groups in total. The summed E-state index contributed by atoms with van der Waals surface area (Å²) < 4.78 is 2.11. The maximum Gasteiger partial charge on any atom is 0.191 e. The van der Waals surface area contributed by atoms with Gasteiger partial charge in [0.25, 0.3) is 0 Å². The van der Waals surface area contributed by atoms with Crippen molar-refractivity contribution in [2.24, 2.45) is 5.73 Å². The number of nitrogens with two attached hydrogens (primary N) is 1. The minimum Gasteiger partial charge on any atom is -0.329 e. The molecule has 106 valence electrons. The van der Waals surface area contributed by atoms with Gasteiger partial charge in [0, 0.05) is 29.0 Å². The van der Waals surface area contributed by atoms with E-state index < -0.39 is 0 Å². The average molecular weight is 306 g/mol. The molecule has 1 aromatic carbocycles. The fraction of sp³-hybridized carbons (Fsp3) is 0.429. The van der Waals surface area contributed by atoms with E-state index in [-0.39, 0.29) is 0 Å². The molecule has 1 aliphatic rings. The number of thioether (sulfide) groups is 2. The quantitative estimate of drug-likeness (QED) is 0.859. The van der Waals surface area contributed by atoms with E-state index in [1.165, 1.54) is 10.5 Å². The number of nitrogens with zero attached hydrogens (tertiary/aromatic N) is 3. The lowest BCUT2D eigenvalue weighted by Crippen LogP contribution is -2.13. The molecule has 1 aliphatic heterocycles. The second-order valence-electron chi connectivity index (χ2n) is 4.83. The van der Waals surface area contributed by atoms with Crippen molar-refractivity contribution in [2.45, 2.75) is 35.2 Å². The average Bonchev–Trinajstić information content (AvgIpc) is 3.02. The number of hydrogen-bond donors (Lipinski definition) is 1. The largest absolute Gasteiger partial charge is 0.329 e. The molecular formula is C14H18N4S2. The van der Waals surface area contributed by atoms with Gasteiger partial charge in [0.05, 0.1) is 0 Å². The summed E-state index contributed by atoms with van der Waals surface area (Å²) in [7, 11) is 0. The Hall–Kier alpha value is -0.980. The second kappa shape index (κ2) is 6.20. The standard InChI is InChI=1S/C14H18N4S2/c1-10-16-17-14(18(10)7-6-15)19-9-12-8-11-4-2-3-5-13(11)20-12/h2-5,12H,6-9,15H2,1H3. The minimum absolute atomic E-state index is 0.621. The number of rotatable bonds is 5. The lowest BCUT2D eigenvalue weighted by atomic mass is 10.1. The van der Waals surface area contributed by atoms with E-state index in [4.69, 9.17) is 5.73 Å². The molecule has 0 spiro atoms. The van der Waals surface area contributed by atoms with Gasteiger partial charge >= 0.3 is 0 Å². The highest BCUT2D eigenvalue weighted by atomic mass is 32.2. The van der Waals surface area contributed by atoms with E-state index >= 15 is 0 Å². The highest BCUT2D eigenvalue weighted by molar-refractivity contribution is 8.03. The molecule has 1 unspecified atom stereocenters. The Balaban J connectivity index is 1.61. The third-order valence-corrected chi connectivity index (χ3v) is 6.03. The van der Waals surface area contributed by atoms with Gasteiger partial charge in [0.1, 0.15) is 5.82 Å². The number of aryl methyl sites for hydroxylation is 1. The molecule has 0 aliphatic carbocycles. The molecule has 0 amide bonds. The monoisotopic (exact) mass is 306 g/mol. The molecule has 0 bridgehead atoms. The van der Waals surface area contributed by atoms with Crippen molar-refractivity contribution in [1.29, 1.82) is 0 Å². The lowest BCUT2D eigenvalue weighted by Gasteiger charge is -2.09. The summed E-state index contributed by atoms with van der Waals surface area (Å²) in [6.07, 6.45) is 1.15. The van der Waals surface area contributed by atoms with E-state index in [9.17, 15) is 0 Å². The van der Waals surface area contributed by atoms with Gasteiger partial charge in [-0.2, -0.15) is 0 Å². The maximum atomic E-state index is 5.64. The molecule has 3 rings (SSSR count). The highest BCUT2D eigenvalue weighted by Gasteiger charge is 2.22. The number of fused-ring (bicyclic) bond motifs is 1. The molecule has 0 saturated heterocycles. The normalized spacial score (nSPS) is 17.4. The summed E-state index contributed by atoms with van der Waals surface area (Å²) in [4.78, 5) is 1.43. The van der Waals surface area contributed by atoms with Crippen LogP contribution in [0.1, 0.15) is 11.4 Å². The van der Waals surface area contributed by atoms with Crippen LogP contribution in [0.2, 0.25) is 0 Å². The number of aromatic nitrogens is 3. The fourth-order valence-electron chi connectivity index (χ4n) is 2.37. The van der Waals surface area contributed by atoms with E-state index in [1.54, 1.807) is 11.8 Å². The molecule has 6 heteroatoms. The Kier molecular flexibility index (Phi) is 4.33. The lowest BCUT2D eigenvalue weighted by molar-refractivity contribution is 0.627. The van der Waals surface area contributed by atoms with Crippen LogP contribution in [0.3, 0.4) is 0 Å². The molecule has 1 atom stereocenters. The summed E-state index contributed by atoms with van der Waals surface area (Å²) in [5.41, 5.74) is 7.12. The summed E-state index contributed by atoms with van der Waals surface area (Å²) in [5.74, 6) is 2.00. The van der Waals surface area contributed by atoms with Gasteiger partial charge in [0.15, 0.2) is 5.16 Å². The van der Waals surface area contributed by atoms with Crippen LogP contribution in [0.25, 0.3) is 0 Å². The van der Waals surface area contributed by atoms with Gasteiger partial charge in [-0.3, -0.25) is 0 Å². The predicted octanol–water partition coefficient (Wildman–Crippen LogP) is 2.35. The van der Waals surface area contributed by atoms with Crippen molar-refractivity contribution in [3.05, 3.63) is 35.7 Å². The third kappa shape index (κ3) is 2.87. The number of hydrogen-bond acceptors (Lipinski definition) is 5.